The highest BCUT2D eigenvalue weighted by atomic mass is 15.3. The number of aromatic nitrogens is 2. The predicted octanol–water partition coefficient (Wildman–Crippen LogP) is 3.84. The van der Waals surface area contributed by atoms with E-state index >= 15 is 0 Å². The second kappa shape index (κ2) is 6.04. The number of hydrazone groups is 1. The van der Waals surface area contributed by atoms with Crippen molar-refractivity contribution >= 4 is 12.2 Å². The lowest BCUT2D eigenvalue weighted by molar-refractivity contribution is 0.590. The van der Waals surface area contributed by atoms with Gasteiger partial charge in [-0.1, -0.05) is 45.0 Å². The van der Waals surface area contributed by atoms with E-state index in [0.717, 1.165) is 17.0 Å². The molecule has 2 rings (SSSR count). The summed E-state index contributed by atoms with van der Waals surface area (Å²) in [7, 11) is 0. The minimum Gasteiger partial charge on any atom is -0.245 e. The molecule has 0 saturated heterocycles. The van der Waals surface area contributed by atoms with Gasteiger partial charge in [0.25, 0.3) is 0 Å². The van der Waals surface area contributed by atoms with Gasteiger partial charge >= 0.3 is 0 Å². The van der Waals surface area contributed by atoms with Crippen molar-refractivity contribution in [3.8, 4) is 0 Å². The van der Waals surface area contributed by atoms with Crippen LogP contribution in [0.1, 0.15) is 43.3 Å². The molecule has 21 heavy (non-hydrogen) atoms. The number of hydrogen-bond acceptors (Lipinski definition) is 4. The largest absolute Gasteiger partial charge is 0.245 e. The Morgan fingerprint density at radius 1 is 1.00 bits per heavy atom. The summed E-state index contributed by atoms with van der Waals surface area (Å²) in [4.78, 5) is 8.55. The summed E-state index contributed by atoms with van der Waals surface area (Å²) in [5.74, 6) is 0.523. The van der Waals surface area contributed by atoms with Crippen molar-refractivity contribution in [3.05, 3.63) is 52.8 Å². The molecule has 0 saturated carbocycles. The van der Waals surface area contributed by atoms with Gasteiger partial charge in [-0.25, -0.2) is 15.4 Å². The van der Waals surface area contributed by atoms with E-state index in [1.54, 1.807) is 6.21 Å². The lowest BCUT2D eigenvalue weighted by Crippen LogP contribution is -2.10. The molecule has 0 spiro atoms. The predicted molar refractivity (Wildman–Crippen MR) is 87.9 cm³/mol. The summed E-state index contributed by atoms with van der Waals surface area (Å²) >= 11 is 0. The molecule has 2 aromatic rings. The summed E-state index contributed by atoms with van der Waals surface area (Å²) in [6.45, 7) is 10.5. The molecule has 1 aromatic carbocycles. The average molecular weight is 282 g/mol. The topological polar surface area (TPSA) is 50.2 Å². The van der Waals surface area contributed by atoms with Crippen LogP contribution in [0.2, 0.25) is 0 Å². The van der Waals surface area contributed by atoms with Crippen LogP contribution in [-0.2, 0) is 5.41 Å². The van der Waals surface area contributed by atoms with E-state index in [0.29, 0.717) is 5.95 Å². The van der Waals surface area contributed by atoms with Gasteiger partial charge in [-0.3, -0.25) is 0 Å². The molecular formula is C17H22N4. The van der Waals surface area contributed by atoms with E-state index in [1.807, 2.05) is 19.9 Å². The first kappa shape index (κ1) is 15.2. The maximum absolute atomic E-state index is 4.28. The van der Waals surface area contributed by atoms with Crippen LogP contribution < -0.4 is 5.43 Å². The molecule has 0 unspecified atom stereocenters. The van der Waals surface area contributed by atoms with Crippen molar-refractivity contribution < 1.29 is 0 Å². The average Bonchev–Trinajstić information content (AvgIpc) is 2.37. The maximum atomic E-state index is 4.28. The molecular weight excluding hydrogens is 260 g/mol. The van der Waals surface area contributed by atoms with E-state index in [2.05, 4.69) is 65.5 Å². The molecule has 1 heterocycles. The number of benzene rings is 1. The first-order valence-corrected chi connectivity index (χ1v) is 7.06. The Hall–Kier alpha value is -2.23. The van der Waals surface area contributed by atoms with Crippen LogP contribution in [0, 0.1) is 13.8 Å². The number of aryl methyl sites for hydroxylation is 2. The molecule has 0 fully saturated rings. The maximum Gasteiger partial charge on any atom is 0.243 e. The number of nitrogens with zero attached hydrogens (tertiary/aromatic N) is 3. The van der Waals surface area contributed by atoms with Crippen LogP contribution >= 0.6 is 0 Å². The monoisotopic (exact) mass is 282 g/mol. The second-order valence-corrected chi connectivity index (χ2v) is 6.22. The Bertz CT molecular complexity index is 617. The molecule has 4 heteroatoms. The summed E-state index contributed by atoms with van der Waals surface area (Å²) in [5.41, 5.74) is 7.24. The number of nitrogens with one attached hydrogen (secondary N) is 1. The van der Waals surface area contributed by atoms with E-state index in [-0.39, 0.29) is 5.41 Å². The van der Waals surface area contributed by atoms with Gasteiger partial charge in [-0.15, -0.1) is 0 Å². The highest BCUT2D eigenvalue weighted by Crippen LogP contribution is 2.21. The third kappa shape index (κ3) is 4.38. The molecule has 0 amide bonds. The minimum absolute atomic E-state index is 0.168. The number of hydrogen-bond donors (Lipinski definition) is 1. The third-order valence-corrected chi connectivity index (χ3v) is 3.14. The lowest BCUT2D eigenvalue weighted by atomic mass is 9.87. The Kier molecular flexibility index (Phi) is 4.36. The highest BCUT2D eigenvalue weighted by molar-refractivity contribution is 5.80. The molecule has 110 valence electrons. The van der Waals surface area contributed by atoms with Crippen LogP contribution in [0.15, 0.2) is 35.4 Å². The molecule has 0 aliphatic rings. The molecule has 1 aromatic heterocycles. The summed E-state index contributed by atoms with van der Waals surface area (Å²) in [6, 6.07) is 10.3. The standard InChI is InChI=1S/C17H22N4/c1-12-10-13(2)20-16(19-12)21-18-11-14-6-8-15(9-7-14)17(3,4)5/h6-11H,1-5H3,(H,19,20,21)/b18-11-. The van der Waals surface area contributed by atoms with Crippen molar-refractivity contribution in [2.45, 2.75) is 40.0 Å². The number of rotatable bonds is 3. The van der Waals surface area contributed by atoms with Crippen molar-refractivity contribution in [1.82, 2.24) is 9.97 Å². The van der Waals surface area contributed by atoms with Gasteiger partial charge in [-0.2, -0.15) is 5.10 Å². The smallest absolute Gasteiger partial charge is 0.243 e. The molecule has 0 atom stereocenters. The Morgan fingerprint density at radius 2 is 1.57 bits per heavy atom. The zero-order valence-electron chi connectivity index (χ0n) is 13.3. The first-order valence-electron chi connectivity index (χ1n) is 7.06. The first-order chi connectivity index (χ1) is 9.84. The summed E-state index contributed by atoms with van der Waals surface area (Å²) < 4.78 is 0. The fourth-order valence-corrected chi connectivity index (χ4v) is 2.01. The van der Waals surface area contributed by atoms with Gasteiger partial charge in [-0.05, 0) is 36.5 Å². The number of anilines is 1. The van der Waals surface area contributed by atoms with Gasteiger partial charge in [0, 0.05) is 11.4 Å². The molecule has 1 N–H and O–H groups in total. The fraction of sp³-hybridized carbons (Fsp3) is 0.353. The van der Waals surface area contributed by atoms with E-state index in [4.69, 9.17) is 0 Å². The van der Waals surface area contributed by atoms with Crippen molar-refractivity contribution in [3.63, 3.8) is 0 Å². The normalized spacial score (nSPS) is 11.9. The Morgan fingerprint density at radius 3 is 2.10 bits per heavy atom. The fourth-order valence-electron chi connectivity index (χ4n) is 2.01. The molecule has 0 aliphatic heterocycles. The summed E-state index contributed by atoms with van der Waals surface area (Å²) in [6.07, 6.45) is 1.77. The SMILES string of the molecule is Cc1cc(C)nc(N/N=C\c2ccc(C(C)(C)C)cc2)n1. The van der Waals surface area contributed by atoms with Gasteiger partial charge in [0.2, 0.25) is 5.95 Å². The second-order valence-electron chi connectivity index (χ2n) is 6.22. The van der Waals surface area contributed by atoms with E-state index in [1.165, 1.54) is 5.56 Å². The van der Waals surface area contributed by atoms with Crippen molar-refractivity contribution in [1.29, 1.82) is 0 Å². The van der Waals surface area contributed by atoms with Crippen LogP contribution in [-0.4, -0.2) is 16.2 Å². The van der Waals surface area contributed by atoms with Gasteiger partial charge in [0.05, 0.1) is 6.21 Å². The third-order valence-electron chi connectivity index (χ3n) is 3.14. The van der Waals surface area contributed by atoms with Crippen LogP contribution in [0.5, 0.6) is 0 Å². The highest BCUT2D eigenvalue weighted by Gasteiger charge is 2.12. The van der Waals surface area contributed by atoms with Crippen LogP contribution in [0.3, 0.4) is 0 Å². The van der Waals surface area contributed by atoms with E-state index < -0.39 is 0 Å². The zero-order chi connectivity index (χ0) is 15.5. The molecule has 4 nitrogen and oxygen atoms in total. The quantitative estimate of drug-likeness (QED) is 0.687. The summed E-state index contributed by atoms with van der Waals surface area (Å²) in [5, 5.41) is 4.19. The Balaban J connectivity index is 2.04. The Labute approximate surface area is 126 Å². The van der Waals surface area contributed by atoms with Crippen molar-refractivity contribution in [2.24, 2.45) is 5.10 Å². The van der Waals surface area contributed by atoms with Crippen LogP contribution in [0.25, 0.3) is 0 Å². The molecule has 0 radical (unpaired) electrons. The zero-order valence-corrected chi connectivity index (χ0v) is 13.3. The minimum atomic E-state index is 0.168. The van der Waals surface area contributed by atoms with Gasteiger partial charge in [0.1, 0.15) is 0 Å². The lowest BCUT2D eigenvalue weighted by Gasteiger charge is -2.18. The van der Waals surface area contributed by atoms with Crippen LogP contribution in [0.4, 0.5) is 5.95 Å². The van der Waals surface area contributed by atoms with Gasteiger partial charge in [0.15, 0.2) is 0 Å². The van der Waals surface area contributed by atoms with E-state index in [9.17, 15) is 0 Å². The van der Waals surface area contributed by atoms with Gasteiger partial charge < -0.3 is 0 Å². The van der Waals surface area contributed by atoms with Crippen molar-refractivity contribution in [2.75, 3.05) is 5.43 Å². The molecule has 0 aliphatic carbocycles. The molecule has 0 bridgehead atoms.